The highest BCUT2D eigenvalue weighted by Crippen LogP contribution is 2.27. The van der Waals surface area contributed by atoms with E-state index in [1.165, 1.54) is 16.7 Å². The molecule has 0 spiro atoms. The lowest BCUT2D eigenvalue weighted by atomic mass is 10.0. The third kappa shape index (κ3) is 3.29. The smallest absolute Gasteiger partial charge is 0.248 e. The first-order valence-electron chi connectivity index (χ1n) is 8.80. The number of nitrogens with zero attached hydrogens (tertiary/aromatic N) is 2. The van der Waals surface area contributed by atoms with Gasteiger partial charge in [0.15, 0.2) is 0 Å². The summed E-state index contributed by atoms with van der Waals surface area (Å²) in [5.41, 5.74) is 5.51. The molecule has 0 fully saturated rings. The molecule has 0 atom stereocenters. The number of benzene rings is 3. The van der Waals surface area contributed by atoms with E-state index in [-0.39, 0.29) is 0 Å². The highest BCUT2D eigenvalue weighted by Gasteiger charge is 2.11. The number of hydrogen-bond donors (Lipinski definition) is 0. The zero-order valence-corrected chi connectivity index (χ0v) is 14.9. The van der Waals surface area contributed by atoms with Crippen molar-refractivity contribution in [1.29, 1.82) is 0 Å². The topological polar surface area (TPSA) is 38.9 Å². The fourth-order valence-electron chi connectivity index (χ4n) is 2.90. The molecule has 3 nitrogen and oxygen atoms in total. The van der Waals surface area contributed by atoms with Crippen molar-refractivity contribution in [1.82, 2.24) is 10.2 Å². The highest BCUT2D eigenvalue weighted by atomic mass is 16.4. The first-order valence-corrected chi connectivity index (χ1v) is 8.80. The van der Waals surface area contributed by atoms with Crippen molar-refractivity contribution in [2.75, 3.05) is 0 Å². The SMILES string of the molecule is CC(C)c1ccc(-c2nnc(-c3ccc(-c4ccccc4)cc3)o2)cc1. The second-order valence-corrected chi connectivity index (χ2v) is 6.63. The molecule has 3 heteroatoms. The lowest BCUT2D eigenvalue weighted by Crippen LogP contribution is -1.86. The van der Waals surface area contributed by atoms with Crippen LogP contribution < -0.4 is 0 Å². The molecule has 1 aromatic heterocycles. The van der Waals surface area contributed by atoms with Crippen molar-refractivity contribution in [2.45, 2.75) is 19.8 Å². The highest BCUT2D eigenvalue weighted by molar-refractivity contribution is 5.67. The Labute approximate surface area is 153 Å². The molecule has 3 aromatic carbocycles. The normalized spacial score (nSPS) is 11.0. The zero-order chi connectivity index (χ0) is 17.9. The van der Waals surface area contributed by atoms with Crippen LogP contribution in [0.15, 0.2) is 83.3 Å². The summed E-state index contributed by atoms with van der Waals surface area (Å²) in [6.45, 7) is 4.36. The number of aromatic nitrogens is 2. The Bertz CT molecular complexity index is 985. The molecule has 0 aliphatic carbocycles. The molecular formula is C23H20N2O. The maximum Gasteiger partial charge on any atom is 0.248 e. The molecule has 0 aliphatic rings. The molecule has 0 saturated heterocycles. The quantitative estimate of drug-likeness (QED) is 0.444. The van der Waals surface area contributed by atoms with Crippen molar-refractivity contribution in [3.05, 3.63) is 84.4 Å². The molecule has 0 aliphatic heterocycles. The molecule has 1 heterocycles. The lowest BCUT2D eigenvalue weighted by molar-refractivity contribution is 0.584. The standard InChI is InChI=1S/C23H20N2O/c1-16(2)17-8-12-20(13-9-17)22-24-25-23(26-22)21-14-10-19(11-15-21)18-6-4-3-5-7-18/h3-16H,1-2H3. The molecular weight excluding hydrogens is 320 g/mol. The molecule has 4 aromatic rings. The van der Waals surface area contributed by atoms with Gasteiger partial charge >= 0.3 is 0 Å². The minimum atomic E-state index is 0.505. The molecule has 0 radical (unpaired) electrons. The fraction of sp³-hybridized carbons (Fsp3) is 0.130. The monoisotopic (exact) mass is 340 g/mol. The summed E-state index contributed by atoms with van der Waals surface area (Å²) < 4.78 is 5.88. The summed E-state index contributed by atoms with van der Waals surface area (Å²) in [6, 6.07) is 26.8. The zero-order valence-electron chi connectivity index (χ0n) is 14.9. The Kier molecular flexibility index (Phi) is 4.36. The maximum atomic E-state index is 5.88. The van der Waals surface area contributed by atoms with E-state index in [1.54, 1.807) is 0 Å². The number of hydrogen-bond acceptors (Lipinski definition) is 3. The molecule has 4 rings (SSSR count). The van der Waals surface area contributed by atoms with Crippen molar-refractivity contribution in [2.24, 2.45) is 0 Å². The van der Waals surface area contributed by atoms with Crippen LogP contribution in [0.5, 0.6) is 0 Å². The van der Waals surface area contributed by atoms with Gasteiger partial charge in [0.25, 0.3) is 0 Å². The van der Waals surface area contributed by atoms with Gasteiger partial charge in [0, 0.05) is 11.1 Å². The fourth-order valence-corrected chi connectivity index (χ4v) is 2.90. The Morgan fingerprint density at radius 1 is 0.577 bits per heavy atom. The molecule has 0 unspecified atom stereocenters. The summed E-state index contributed by atoms with van der Waals surface area (Å²) in [5.74, 6) is 1.58. The van der Waals surface area contributed by atoms with E-state index in [0.717, 1.165) is 11.1 Å². The average molecular weight is 340 g/mol. The maximum absolute atomic E-state index is 5.88. The van der Waals surface area contributed by atoms with Crippen molar-refractivity contribution in [3.8, 4) is 34.0 Å². The van der Waals surface area contributed by atoms with Crippen LogP contribution in [0.4, 0.5) is 0 Å². The second kappa shape index (κ2) is 6.96. The molecule has 0 saturated carbocycles. The minimum absolute atomic E-state index is 0.505. The van der Waals surface area contributed by atoms with E-state index >= 15 is 0 Å². The summed E-state index contributed by atoms with van der Waals surface area (Å²) in [5, 5.41) is 8.41. The molecule has 26 heavy (non-hydrogen) atoms. The molecule has 128 valence electrons. The van der Waals surface area contributed by atoms with Gasteiger partial charge < -0.3 is 4.42 Å². The van der Waals surface area contributed by atoms with Gasteiger partial charge in [-0.15, -0.1) is 10.2 Å². The average Bonchev–Trinajstić information content (AvgIpc) is 3.19. The van der Waals surface area contributed by atoms with Crippen LogP contribution >= 0.6 is 0 Å². The first-order chi connectivity index (χ1) is 12.7. The summed E-state index contributed by atoms with van der Waals surface area (Å²) in [7, 11) is 0. The van der Waals surface area contributed by atoms with E-state index in [4.69, 9.17) is 4.42 Å². The number of rotatable bonds is 4. The summed E-state index contributed by atoms with van der Waals surface area (Å²) in [6.07, 6.45) is 0. The van der Waals surface area contributed by atoms with E-state index in [2.05, 4.69) is 60.4 Å². The van der Waals surface area contributed by atoms with Gasteiger partial charge in [-0.3, -0.25) is 0 Å². The predicted molar refractivity (Wildman–Crippen MR) is 105 cm³/mol. The van der Waals surface area contributed by atoms with Crippen LogP contribution in [0, 0.1) is 0 Å². The Hall–Kier alpha value is -3.20. The van der Waals surface area contributed by atoms with Crippen molar-refractivity contribution < 1.29 is 4.42 Å². The van der Waals surface area contributed by atoms with Gasteiger partial charge in [0.05, 0.1) is 0 Å². The Balaban J connectivity index is 1.58. The van der Waals surface area contributed by atoms with Gasteiger partial charge in [-0.2, -0.15) is 0 Å². The molecule has 0 N–H and O–H groups in total. The lowest BCUT2D eigenvalue weighted by Gasteiger charge is -2.04. The van der Waals surface area contributed by atoms with Crippen LogP contribution in [-0.4, -0.2) is 10.2 Å². The van der Waals surface area contributed by atoms with E-state index in [1.807, 2.05) is 42.5 Å². The van der Waals surface area contributed by atoms with Crippen LogP contribution in [0.1, 0.15) is 25.3 Å². The third-order valence-corrected chi connectivity index (χ3v) is 4.49. The largest absolute Gasteiger partial charge is 0.416 e. The Morgan fingerprint density at radius 2 is 1.04 bits per heavy atom. The van der Waals surface area contributed by atoms with Gasteiger partial charge in [-0.1, -0.05) is 68.4 Å². The second-order valence-electron chi connectivity index (χ2n) is 6.63. The van der Waals surface area contributed by atoms with Crippen LogP contribution in [-0.2, 0) is 0 Å². The van der Waals surface area contributed by atoms with Crippen LogP contribution in [0.2, 0.25) is 0 Å². The van der Waals surface area contributed by atoms with Gasteiger partial charge in [0.2, 0.25) is 11.8 Å². The first kappa shape index (κ1) is 16.3. The van der Waals surface area contributed by atoms with Gasteiger partial charge in [-0.05, 0) is 46.9 Å². The van der Waals surface area contributed by atoms with Gasteiger partial charge in [-0.25, -0.2) is 0 Å². The third-order valence-electron chi connectivity index (χ3n) is 4.49. The Morgan fingerprint density at radius 3 is 1.58 bits per heavy atom. The van der Waals surface area contributed by atoms with E-state index in [9.17, 15) is 0 Å². The van der Waals surface area contributed by atoms with Crippen molar-refractivity contribution in [3.63, 3.8) is 0 Å². The van der Waals surface area contributed by atoms with Crippen LogP contribution in [0.3, 0.4) is 0 Å². The summed E-state index contributed by atoms with van der Waals surface area (Å²) >= 11 is 0. The minimum Gasteiger partial charge on any atom is -0.416 e. The summed E-state index contributed by atoms with van der Waals surface area (Å²) in [4.78, 5) is 0. The predicted octanol–water partition coefficient (Wildman–Crippen LogP) is 6.19. The van der Waals surface area contributed by atoms with Gasteiger partial charge in [0.1, 0.15) is 0 Å². The van der Waals surface area contributed by atoms with Crippen LogP contribution in [0.25, 0.3) is 34.0 Å². The van der Waals surface area contributed by atoms with Crippen molar-refractivity contribution >= 4 is 0 Å². The molecule has 0 bridgehead atoms. The van der Waals surface area contributed by atoms with E-state index in [0.29, 0.717) is 17.7 Å². The molecule has 0 amide bonds. The van der Waals surface area contributed by atoms with E-state index < -0.39 is 0 Å².